The maximum absolute atomic E-state index is 2.89. The van der Waals surface area contributed by atoms with Gasteiger partial charge < -0.3 is 0 Å². The van der Waals surface area contributed by atoms with Crippen LogP contribution in [0.25, 0.3) is 0 Å². The van der Waals surface area contributed by atoms with Crippen molar-refractivity contribution in [1.82, 2.24) is 18.7 Å². The maximum atomic E-state index is 2.89. The van der Waals surface area contributed by atoms with Gasteiger partial charge in [0.1, 0.15) is 0 Å². The molecule has 0 radical (unpaired) electrons. The molecule has 4 nitrogen and oxygen atoms in total. The Balaban J connectivity index is 1.78. The Kier molecular flexibility index (Phi) is 2.71. The zero-order valence-electron chi connectivity index (χ0n) is 10.7. The van der Waals surface area contributed by atoms with E-state index in [1.807, 2.05) is 0 Å². The first-order valence-electron chi connectivity index (χ1n) is 7.33. The highest BCUT2D eigenvalue weighted by Gasteiger charge is 2.66. The summed E-state index contributed by atoms with van der Waals surface area (Å²) < 4.78 is 11.5. The lowest BCUT2D eigenvalue weighted by atomic mass is 10.3. The molecule has 5 heteroatoms. The van der Waals surface area contributed by atoms with Crippen molar-refractivity contribution in [1.29, 1.82) is 0 Å². The molecule has 0 aromatic heterocycles. The van der Waals surface area contributed by atoms with E-state index in [-0.39, 0.29) is 0 Å². The first-order chi connectivity index (χ1) is 8.42. The monoisotopic (exact) mass is 255 g/mol. The summed E-state index contributed by atoms with van der Waals surface area (Å²) in [6, 6.07) is 0. The average Bonchev–Trinajstić information content (AvgIpc) is 2.39. The van der Waals surface area contributed by atoms with Crippen LogP contribution in [0.5, 0.6) is 0 Å². The second-order valence-electron chi connectivity index (χ2n) is 5.77. The highest BCUT2D eigenvalue weighted by atomic mass is 31.2. The predicted octanol–water partition coefficient (Wildman–Crippen LogP) is 1.49. The third kappa shape index (κ3) is 1.42. The van der Waals surface area contributed by atoms with E-state index < -0.39 is 7.87 Å². The lowest BCUT2D eigenvalue weighted by Crippen LogP contribution is -2.63. The highest BCUT2D eigenvalue weighted by Crippen LogP contribution is 2.74. The van der Waals surface area contributed by atoms with Gasteiger partial charge in [0, 0.05) is 52.4 Å². The molecule has 4 heterocycles. The summed E-state index contributed by atoms with van der Waals surface area (Å²) in [5, 5.41) is 0. The second kappa shape index (κ2) is 4.14. The van der Waals surface area contributed by atoms with Gasteiger partial charge in [-0.15, -0.1) is 18.7 Å². The van der Waals surface area contributed by atoms with Gasteiger partial charge in [0.25, 0.3) is 0 Å². The van der Waals surface area contributed by atoms with Crippen LogP contribution < -0.4 is 0 Å². The van der Waals surface area contributed by atoms with Crippen LogP contribution in [0.1, 0.15) is 25.7 Å². The number of hydrogen-bond acceptors (Lipinski definition) is 4. The summed E-state index contributed by atoms with van der Waals surface area (Å²) in [5.41, 5.74) is 0. The van der Waals surface area contributed by atoms with E-state index in [0.29, 0.717) is 0 Å². The molecular formula is C12H24N4P+. The molecule has 0 amide bonds. The molecule has 0 saturated carbocycles. The van der Waals surface area contributed by atoms with Gasteiger partial charge in [-0.2, -0.15) is 0 Å². The van der Waals surface area contributed by atoms with Gasteiger partial charge in [-0.25, -0.2) is 0 Å². The van der Waals surface area contributed by atoms with Crippen molar-refractivity contribution in [2.24, 2.45) is 0 Å². The minimum absolute atomic E-state index is 1.18. The molecule has 1 spiro atoms. The number of rotatable bonds is 0. The minimum atomic E-state index is -1.18. The molecule has 0 aliphatic carbocycles. The lowest BCUT2D eigenvalue weighted by molar-refractivity contribution is 0.130. The van der Waals surface area contributed by atoms with E-state index in [4.69, 9.17) is 0 Å². The number of nitrogens with zero attached hydrogens (tertiary/aromatic N) is 4. The fourth-order valence-corrected chi connectivity index (χ4v) is 9.76. The molecule has 4 saturated heterocycles. The Morgan fingerprint density at radius 2 is 0.647 bits per heavy atom. The molecular weight excluding hydrogens is 231 g/mol. The lowest BCUT2D eigenvalue weighted by Gasteiger charge is -2.59. The maximum Gasteiger partial charge on any atom is 0.308 e. The number of hydrogen-bond donors (Lipinski definition) is 0. The van der Waals surface area contributed by atoms with Gasteiger partial charge in [-0.05, 0) is 25.7 Å². The van der Waals surface area contributed by atoms with Gasteiger partial charge in [0.2, 0.25) is 0 Å². The summed E-state index contributed by atoms with van der Waals surface area (Å²) >= 11 is 0. The molecule has 0 N–H and O–H groups in total. The Labute approximate surface area is 105 Å². The zero-order valence-corrected chi connectivity index (χ0v) is 11.6. The van der Waals surface area contributed by atoms with Crippen LogP contribution in [0.3, 0.4) is 0 Å². The van der Waals surface area contributed by atoms with E-state index in [2.05, 4.69) is 18.7 Å². The van der Waals surface area contributed by atoms with Crippen LogP contribution in [-0.2, 0) is 0 Å². The van der Waals surface area contributed by atoms with Crippen LogP contribution in [0.2, 0.25) is 0 Å². The third-order valence-electron chi connectivity index (χ3n) is 4.85. The first kappa shape index (κ1) is 11.1. The van der Waals surface area contributed by atoms with Crippen molar-refractivity contribution in [2.75, 3.05) is 52.4 Å². The van der Waals surface area contributed by atoms with Crippen molar-refractivity contribution in [3.05, 3.63) is 0 Å². The summed E-state index contributed by atoms with van der Waals surface area (Å²) in [4.78, 5) is 0. The van der Waals surface area contributed by atoms with Crippen molar-refractivity contribution in [3.8, 4) is 0 Å². The quantitative estimate of drug-likeness (QED) is 0.608. The van der Waals surface area contributed by atoms with E-state index in [0.717, 1.165) is 0 Å². The van der Waals surface area contributed by atoms with Gasteiger partial charge in [0.05, 0.1) is 0 Å². The van der Waals surface area contributed by atoms with Crippen molar-refractivity contribution in [2.45, 2.75) is 25.7 Å². The standard InChI is InChI=1S/C12H24N4P/c1-5-13-7-2-9-15-11-4-12-16-10-3-8-14(6-1)17(13,15)16/h1-12H2/q+1. The summed E-state index contributed by atoms with van der Waals surface area (Å²) in [7, 11) is -1.18. The van der Waals surface area contributed by atoms with E-state index in [1.165, 1.54) is 78.0 Å². The summed E-state index contributed by atoms with van der Waals surface area (Å²) in [5.74, 6) is 0. The SMILES string of the molecule is C1CN2CCCN3CCCN4CCCN(C1)[P+]234. The topological polar surface area (TPSA) is 13.0 Å². The first-order valence-corrected chi connectivity index (χ1v) is 8.93. The molecule has 4 fully saturated rings. The van der Waals surface area contributed by atoms with Crippen molar-refractivity contribution >= 4 is 7.87 Å². The zero-order chi connectivity index (χ0) is 11.3. The Bertz CT molecular complexity index is 233. The largest absolute Gasteiger partial charge is 0.308 e. The van der Waals surface area contributed by atoms with Gasteiger partial charge >= 0.3 is 7.87 Å². The molecule has 4 aliphatic heterocycles. The molecule has 17 heavy (non-hydrogen) atoms. The average molecular weight is 255 g/mol. The van der Waals surface area contributed by atoms with Crippen LogP contribution >= 0.6 is 7.87 Å². The normalized spacial score (nSPS) is 35.3. The molecule has 0 aromatic rings. The fraction of sp³-hybridized carbons (Fsp3) is 1.00. The van der Waals surface area contributed by atoms with E-state index >= 15 is 0 Å². The van der Waals surface area contributed by atoms with E-state index in [1.54, 1.807) is 0 Å². The minimum Gasteiger partial charge on any atom is -0.133 e. The Morgan fingerprint density at radius 1 is 0.412 bits per heavy atom. The van der Waals surface area contributed by atoms with Gasteiger partial charge in [-0.1, -0.05) is 0 Å². The van der Waals surface area contributed by atoms with Crippen LogP contribution in [0.4, 0.5) is 0 Å². The fourth-order valence-electron chi connectivity index (χ4n) is 4.34. The predicted molar refractivity (Wildman–Crippen MR) is 71.7 cm³/mol. The second-order valence-corrected chi connectivity index (χ2v) is 9.10. The highest BCUT2D eigenvalue weighted by molar-refractivity contribution is 7.66. The Morgan fingerprint density at radius 3 is 0.882 bits per heavy atom. The molecule has 0 bridgehead atoms. The van der Waals surface area contributed by atoms with Crippen molar-refractivity contribution in [3.63, 3.8) is 0 Å². The summed E-state index contributed by atoms with van der Waals surface area (Å²) in [6.45, 7) is 10.9. The van der Waals surface area contributed by atoms with Crippen molar-refractivity contribution < 1.29 is 0 Å². The van der Waals surface area contributed by atoms with Crippen LogP contribution in [0.15, 0.2) is 0 Å². The van der Waals surface area contributed by atoms with Crippen LogP contribution in [-0.4, -0.2) is 71.0 Å². The Hall–Kier alpha value is 0.270. The smallest absolute Gasteiger partial charge is 0.133 e. The summed E-state index contributed by atoms with van der Waals surface area (Å²) in [6.07, 6.45) is 5.57. The third-order valence-corrected chi connectivity index (χ3v) is 9.48. The molecule has 0 aromatic carbocycles. The van der Waals surface area contributed by atoms with Crippen LogP contribution in [0, 0.1) is 0 Å². The molecule has 96 valence electrons. The van der Waals surface area contributed by atoms with Gasteiger partial charge in [-0.3, -0.25) is 0 Å². The molecule has 4 rings (SSSR count). The molecule has 0 unspecified atom stereocenters. The van der Waals surface area contributed by atoms with E-state index in [9.17, 15) is 0 Å². The molecule has 4 aliphatic rings. The molecule has 0 atom stereocenters. The van der Waals surface area contributed by atoms with Gasteiger partial charge in [0.15, 0.2) is 0 Å².